The molecule has 1 atom stereocenters. The maximum atomic E-state index is 11.8. The van der Waals surface area contributed by atoms with E-state index in [1.54, 1.807) is 0 Å². The number of alkyl halides is 3. The van der Waals surface area contributed by atoms with Crippen LogP contribution in [0.5, 0.6) is 0 Å². The minimum atomic E-state index is -4.20. The summed E-state index contributed by atoms with van der Waals surface area (Å²) in [6, 6.07) is 0.345. The van der Waals surface area contributed by atoms with Gasteiger partial charge in [0.25, 0.3) is 0 Å². The first-order valence-electron chi connectivity index (χ1n) is 6.04. The standard InChI is InChI=1S/C11H19F3N2O/c12-11(13,14)6-8-16-10(17)5-4-9-3-1-2-7-15-9/h9,15H,1-8H2,(H,16,17). The molecule has 1 aliphatic heterocycles. The monoisotopic (exact) mass is 252 g/mol. The lowest BCUT2D eigenvalue weighted by Gasteiger charge is -2.23. The number of hydrogen-bond donors (Lipinski definition) is 2. The van der Waals surface area contributed by atoms with E-state index >= 15 is 0 Å². The molecule has 1 fully saturated rings. The van der Waals surface area contributed by atoms with E-state index in [1.165, 1.54) is 0 Å². The highest BCUT2D eigenvalue weighted by atomic mass is 19.4. The molecule has 0 bridgehead atoms. The summed E-state index contributed by atoms with van der Waals surface area (Å²) >= 11 is 0. The van der Waals surface area contributed by atoms with Crippen LogP contribution in [0.15, 0.2) is 0 Å². The second-order valence-electron chi connectivity index (χ2n) is 4.40. The Kier molecular flexibility index (Phi) is 5.74. The zero-order valence-corrected chi connectivity index (χ0v) is 9.78. The van der Waals surface area contributed by atoms with Crippen LogP contribution in [0, 0.1) is 0 Å². The Labute approximate surface area is 99.1 Å². The van der Waals surface area contributed by atoms with Gasteiger partial charge in [0.05, 0.1) is 6.42 Å². The first-order valence-corrected chi connectivity index (χ1v) is 6.04. The number of carbonyl (C=O) groups excluding carboxylic acids is 1. The van der Waals surface area contributed by atoms with Crippen molar-refractivity contribution in [1.29, 1.82) is 0 Å². The van der Waals surface area contributed by atoms with Crippen molar-refractivity contribution in [3.05, 3.63) is 0 Å². The molecule has 1 saturated heterocycles. The van der Waals surface area contributed by atoms with Crippen LogP contribution in [0.1, 0.15) is 38.5 Å². The Morgan fingerprint density at radius 2 is 2.12 bits per heavy atom. The Hall–Kier alpha value is -0.780. The van der Waals surface area contributed by atoms with E-state index in [4.69, 9.17) is 0 Å². The van der Waals surface area contributed by atoms with E-state index in [1.807, 2.05) is 0 Å². The Balaban J connectivity index is 2.04. The fourth-order valence-electron chi connectivity index (χ4n) is 1.91. The molecule has 100 valence electrons. The summed E-state index contributed by atoms with van der Waals surface area (Å²) in [5.41, 5.74) is 0. The van der Waals surface area contributed by atoms with Crippen LogP contribution in [-0.4, -0.2) is 31.2 Å². The fourth-order valence-corrected chi connectivity index (χ4v) is 1.91. The van der Waals surface area contributed by atoms with Gasteiger partial charge in [0.15, 0.2) is 0 Å². The highest BCUT2D eigenvalue weighted by Crippen LogP contribution is 2.18. The van der Waals surface area contributed by atoms with Gasteiger partial charge in [0, 0.05) is 19.0 Å². The number of halogens is 3. The molecule has 1 aliphatic rings. The van der Waals surface area contributed by atoms with Crippen molar-refractivity contribution in [2.45, 2.75) is 50.7 Å². The zero-order chi connectivity index (χ0) is 12.7. The maximum absolute atomic E-state index is 11.8. The van der Waals surface area contributed by atoms with Gasteiger partial charge in [-0.15, -0.1) is 0 Å². The number of nitrogens with one attached hydrogen (secondary N) is 2. The van der Waals surface area contributed by atoms with Crippen LogP contribution in [-0.2, 0) is 4.79 Å². The molecule has 0 aromatic carbocycles. The predicted molar refractivity (Wildman–Crippen MR) is 58.6 cm³/mol. The van der Waals surface area contributed by atoms with Crippen molar-refractivity contribution in [1.82, 2.24) is 10.6 Å². The fraction of sp³-hybridized carbons (Fsp3) is 0.909. The minimum absolute atomic E-state index is 0.290. The molecular formula is C11H19F3N2O. The summed E-state index contributed by atoms with van der Waals surface area (Å²) < 4.78 is 35.5. The molecule has 0 aromatic rings. The van der Waals surface area contributed by atoms with Gasteiger partial charge < -0.3 is 10.6 Å². The van der Waals surface area contributed by atoms with Crippen molar-refractivity contribution in [3.63, 3.8) is 0 Å². The quantitative estimate of drug-likeness (QED) is 0.785. The van der Waals surface area contributed by atoms with Gasteiger partial charge in [-0.2, -0.15) is 13.2 Å². The largest absolute Gasteiger partial charge is 0.390 e. The van der Waals surface area contributed by atoms with E-state index in [-0.39, 0.29) is 12.5 Å². The minimum Gasteiger partial charge on any atom is -0.356 e. The normalized spacial score (nSPS) is 21.2. The summed E-state index contributed by atoms with van der Waals surface area (Å²) in [7, 11) is 0. The van der Waals surface area contributed by atoms with Gasteiger partial charge in [-0.1, -0.05) is 6.42 Å². The predicted octanol–water partition coefficient (Wildman–Crippen LogP) is 1.98. The van der Waals surface area contributed by atoms with Crippen LogP contribution in [0.4, 0.5) is 13.2 Å². The van der Waals surface area contributed by atoms with Crippen LogP contribution >= 0.6 is 0 Å². The lowest BCUT2D eigenvalue weighted by molar-refractivity contribution is -0.135. The second-order valence-corrected chi connectivity index (χ2v) is 4.40. The Bertz CT molecular complexity index is 237. The molecular weight excluding hydrogens is 233 g/mol. The molecule has 0 aromatic heterocycles. The van der Waals surface area contributed by atoms with Crippen LogP contribution < -0.4 is 10.6 Å². The summed E-state index contributed by atoms with van der Waals surface area (Å²) in [4.78, 5) is 11.3. The van der Waals surface area contributed by atoms with Crippen molar-refractivity contribution in [2.75, 3.05) is 13.1 Å². The number of carbonyl (C=O) groups is 1. The summed E-state index contributed by atoms with van der Waals surface area (Å²) in [5, 5.41) is 5.59. The van der Waals surface area contributed by atoms with Gasteiger partial charge in [0.1, 0.15) is 0 Å². The first kappa shape index (κ1) is 14.3. The summed E-state index contributed by atoms with van der Waals surface area (Å²) in [6.45, 7) is 0.654. The number of amides is 1. The van der Waals surface area contributed by atoms with Crippen molar-refractivity contribution in [2.24, 2.45) is 0 Å². The molecule has 0 spiro atoms. The molecule has 0 radical (unpaired) electrons. The number of rotatable bonds is 5. The number of piperidine rings is 1. The van der Waals surface area contributed by atoms with Gasteiger partial charge in [0.2, 0.25) is 5.91 Å². The first-order chi connectivity index (χ1) is 7.97. The van der Waals surface area contributed by atoms with E-state index in [2.05, 4.69) is 10.6 Å². The Morgan fingerprint density at radius 3 is 2.71 bits per heavy atom. The van der Waals surface area contributed by atoms with Gasteiger partial charge in [-0.05, 0) is 25.8 Å². The van der Waals surface area contributed by atoms with E-state index in [9.17, 15) is 18.0 Å². The molecule has 0 aliphatic carbocycles. The van der Waals surface area contributed by atoms with Gasteiger partial charge >= 0.3 is 6.18 Å². The maximum Gasteiger partial charge on any atom is 0.390 e. The molecule has 1 unspecified atom stereocenters. The Morgan fingerprint density at radius 1 is 1.35 bits per heavy atom. The van der Waals surface area contributed by atoms with Crippen molar-refractivity contribution in [3.8, 4) is 0 Å². The summed E-state index contributed by atoms with van der Waals surface area (Å²) in [6.07, 6.45) is -0.774. The van der Waals surface area contributed by atoms with E-state index < -0.39 is 12.6 Å². The van der Waals surface area contributed by atoms with Gasteiger partial charge in [-0.3, -0.25) is 4.79 Å². The topological polar surface area (TPSA) is 41.1 Å². The van der Waals surface area contributed by atoms with Crippen molar-refractivity contribution >= 4 is 5.91 Å². The third-order valence-electron chi connectivity index (χ3n) is 2.86. The third kappa shape index (κ3) is 7.20. The number of hydrogen-bond acceptors (Lipinski definition) is 2. The molecule has 1 amide bonds. The SMILES string of the molecule is O=C(CCC1CCCCN1)NCCC(F)(F)F. The zero-order valence-electron chi connectivity index (χ0n) is 9.78. The average molecular weight is 252 g/mol. The van der Waals surface area contributed by atoms with Crippen LogP contribution in [0.25, 0.3) is 0 Å². The van der Waals surface area contributed by atoms with Crippen LogP contribution in [0.3, 0.4) is 0 Å². The second kappa shape index (κ2) is 6.83. The molecule has 1 heterocycles. The molecule has 6 heteroatoms. The van der Waals surface area contributed by atoms with Gasteiger partial charge in [-0.25, -0.2) is 0 Å². The molecule has 17 heavy (non-hydrogen) atoms. The van der Waals surface area contributed by atoms with Crippen molar-refractivity contribution < 1.29 is 18.0 Å². The smallest absolute Gasteiger partial charge is 0.356 e. The third-order valence-corrected chi connectivity index (χ3v) is 2.86. The van der Waals surface area contributed by atoms with E-state index in [0.29, 0.717) is 18.9 Å². The lowest BCUT2D eigenvalue weighted by Crippen LogP contribution is -2.35. The van der Waals surface area contributed by atoms with E-state index in [0.717, 1.165) is 25.8 Å². The molecule has 2 N–H and O–H groups in total. The summed E-state index contributed by atoms with van der Waals surface area (Å²) in [5.74, 6) is -0.290. The molecule has 3 nitrogen and oxygen atoms in total. The molecule has 0 saturated carbocycles. The van der Waals surface area contributed by atoms with Crippen LogP contribution in [0.2, 0.25) is 0 Å². The highest BCUT2D eigenvalue weighted by molar-refractivity contribution is 5.75. The lowest BCUT2D eigenvalue weighted by atomic mass is 10.0. The highest BCUT2D eigenvalue weighted by Gasteiger charge is 2.26. The molecule has 1 rings (SSSR count). The average Bonchev–Trinajstić information content (AvgIpc) is 2.26.